The van der Waals surface area contributed by atoms with Crippen LogP contribution in [0, 0.1) is 6.92 Å². The Balaban J connectivity index is 2.13. The molecule has 2 aromatic carbocycles. The number of amides is 2. The fourth-order valence-electron chi connectivity index (χ4n) is 2.87. The molecule has 0 saturated carbocycles. The van der Waals surface area contributed by atoms with E-state index in [9.17, 15) is 18.0 Å². The van der Waals surface area contributed by atoms with Crippen molar-refractivity contribution in [2.75, 3.05) is 23.7 Å². The van der Waals surface area contributed by atoms with Gasteiger partial charge in [-0.15, -0.1) is 0 Å². The van der Waals surface area contributed by atoms with Crippen LogP contribution in [0.1, 0.15) is 31.9 Å². The molecule has 0 aliphatic rings. The van der Waals surface area contributed by atoms with Crippen LogP contribution in [0.2, 0.25) is 0 Å². The van der Waals surface area contributed by atoms with E-state index in [-0.39, 0.29) is 16.7 Å². The summed E-state index contributed by atoms with van der Waals surface area (Å²) in [5.41, 5.74) is 2.64. The molecule has 0 bridgehead atoms. The minimum Gasteiger partial charge on any atom is -0.325 e. The Morgan fingerprint density at radius 3 is 2.17 bits per heavy atom. The number of carbonyl (C=O) groups excluding carboxylic acids is 2. The van der Waals surface area contributed by atoms with Gasteiger partial charge in [0.2, 0.25) is 21.8 Å². The van der Waals surface area contributed by atoms with Gasteiger partial charge in [0.25, 0.3) is 0 Å². The normalized spacial score (nSPS) is 11.6. The second-order valence-electron chi connectivity index (χ2n) is 6.71. The van der Waals surface area contributed by atoms with Crippen molar-refractivity contribution < 1.29 is 18.0 Å². The summed E-state index contributed by atoms with van der Waals surface area (Å²) >= 11 is 0. The Hall–Kier alpha value is -2.97. The lowest BCUT2D eigenvalue weighted by Crippen LogP contribution is -2.30. The molecule has 0 aliphatic carbocycles. The Morgan fingerprint density at radius 2 is 1.60 bits per heavy atom. The number of rotatable bonds is 8. The van der Waals surface area contributed by atoms with Crippen molar-refractivity contribution in [3.63, 3.8) is 0 Å². The average molecular weight is 430 g/mol. The van der Waals surface area contributed by atoms with Crippen LogP contribution in [0.15, 0.2) is 53.4 Å². The molecule has 2 amide bonds. The Bertz CT molecular complexity index is 1040. The molecule has 2 rings (SSSR count). The Labute approximate surface area is 177 Å². The van der Waals surface area contributed by atoms with E-state index in [1.54, 1.807) is 44.2 Å². The lowest BCUT2D eigenvalue weighted by molar-refractivity contribution is -0.114. The molecular formula is C22H27N3O4S. The zero-order chi connectivity index (χ0) is 22.3. The number of anilines is 2. The molecule has 0 aliphatic heterocycles. The van der Waals surface area contributed by atoms with Gasteiger partial charge in [0.05, 0.1) is 16.3 Å². The SMILES string of the molecule is CCN(CC)S(=O)(=O)c1ccc(/C=C/C(=O)Nc2cc(C)ccc2NC(C)=O)cc1. The molecule has 30 heavy (non-hydrogen) atoms. The zero-order valence-corrected chi connectivity index (χ0v) is 18.4. The van der Waals surface area contributed by atoms with Crippen LogP contribution in [0.3, 0.4) is 0 Å². The third-order valence-corrected chi connectivity index (χ3v) is 6.46. The lowest BCUT2D eigenvalue weighted by atomic mass is 10.2. The quantitative estimate of drug-likeness (QED) is 0.626. The van der Waals surface area contributed by atoms with Crippen molar-refractivity contribution in [2.45, 2.75) is 32.6 Å². The van der Waals surface area contributed by atoms with E-state index < -0.39 is 10.0 Å². The highest BCUT2D eigenvalue weighted by Gasteiger charge is 2.20. The maximum Gasteiger partial charge on any atom is 0.248 e. The van der Waals surface area contributed by atoms with Gasteiger partial charge in [-0.1, -0.05) is 32.0 Å². The molecule has 7 nitrogen and oxygen atoms in total. The van der Waals surface area contributed by atoms with E-state index in [0.717, 1.165) is 5.56 Å². The first-order chi connectivity index (χ1) is 14.2. The predicted molar refractivity (Wildman–Crippen MR) is 120 cm³/mol. The van der Waals surface area contributed by atoms with Gasteiger partial charge in [-0.25, -0.2) is 8.42 Å². The topological polar surface area (TPSA) is 95.6 Å². The van der Waals surface area contributed by atoms with Crippen molar-refractivity contribution in [3.05, 3.63) is 59.7 Å². The van der Waals surface area contributed by atoms with E-state index >= 15 is 0 Å². The maximum absolute atomic E-state index is 12.5. The van der Waals surface area contributed by atoms with Crippen LogP contribution in [0.5, 0.6) is 0 Å². The van der Waals surface area contributed by atoms with Gasteiger partial charge >= 0.3 is 0 Å². The second-order valence-corrected chi connectivity index (χ2v) is 8.65. The van der Waals surface area contributed by atoms with Gasteiger partial charge in [-0.2, -0.15) is 4.31 Å². The van der Waals surface area contributed by atoms with Crippen molar-refractivity contribution in [2.24, 2.45) is 0 Å². The molecule has 8 heteroatoms. The molecule has 0 atom stereocenters. The van der Waals surface area contributed by atoms with Crippen LogP contribution in [-0.4, -0.2) is 37.6 Å². The number of hydrogen-bond acceptors (Lipinski definition) is 4. The van der Waals surface area contributed by atoms with Crippen LogP contribution in [0.4, 0.5) is 11.4 Å². The van der Waals surface area contributed by atoms with Crippen molar-refractivity contribution in [1.29, 1.82) is 0 Å². The molecule has 0 saturated heterocycles. The van der Waals surface area contributed by atoms with Gasteiger partial charge in [-0.05, 0) is 48.4 Å². The largest absolute Gasteiger partial charge is 0.325 e. The minimum atomic E-state index is -3.51. The standard InChI is InChI=1S/C22H27N3O4S/c1-5-25(6-2)30(28,29)19-11-8-18(9-12-19)10-14-22(27)24-21-15-16(3)7-13-20(21)23-17(4)26/h7-15H,5-6H2,1-4H3,(H,23,26)(H,24,27)/b14-10+. The van der Waals surface area contributed by atoms with E-state index in [2.05, 4.69) is 10.6 Å². The molecule has 0 spiro atoms. The number of carbonyl (C=O) groups is 2. The summed E-state index contributed by atoms with van der Waals surface area (Å²) in [7, 11) is -3.51. The van der Waals surface area contributed by atoms with Crippen LogP contribution >= 0.6 is 0 Å². The van der Waals surface area contributed by atoms with Gasteiger partial charge in [-0.3, -0.25) is 9.59 Å². The maximum atomic E-state index is 12.5. The fourth-order valence-corrected chi connectivity index (χ4v) is 4.33. The third kappa shape index (κ3) is 6.01. The van der Waals surface area contributed by atoms with E-state index in [1.165, 1.54) is 29.4 Å². The van der Waals surface area contributed by atoms with Crippen LogP contribution in [-0.2, 0) is 19.6 Å². The molecule has 0 radical (unpaired) electrons. The first-order valence-electron chi connectivity index (χ1n) is 9.65. The highest BCUT2D eigenvalue weighted by Crippen LogP contribution is 2.23. The van der Waals surface area contributed by atoms with Crippen molar-refractivity contribution >= 4 is 39.3 Å². The van der Waals surface area contributed by atoms with E-state index in [4.69, 9.17) is 0 Å². The smallest absolute Gasteiger partial charge is 0.248 e. The monoisotopic (exact) mass is 429 g/mol. The summed E-state index contributed by atoms with van der Waals surface area (Å²) in [6, 6.07) is 11.7. The van der Waals surface area contributed by atoms with Gasteiger partial charge in [0.1, 0.15) is 0 Å². The van der Waals surface area contributed by atoms with Crippen molar-refractivity contribution in [3.8, 4) is 0 Å². The molecule has 0 fully saturated rings. The number of nitrogens with zero attached hydrogens (tertiary/aromatic N) is 1. The first kappa shape index (κ1) is 23.3. The van der Waals surface area contributed by atoms with Gasteiger partial charge in [0, 0.05) is 26.1 Å². The van der Waals surface area contributed by atoms with Crippen LogP contribution in [0.25, 0.3) is 6.08 Å². The van der Waals surface area contributed by atoms with Gasteiger partial charge < -0.3 is 10.6 Å². The summed E-state index contributed by atoms with van der Waals surface area (Å²) in [4.78, 5) is 23.9. The predicted octanol–water partition coefficient (Wildman–Crippen LogP) is 3.64. The summed E-state index contributed by atoms with van der Waals surface area (Å²) in [5, 5.41) is 5.43. The summed E-state index contributed by atoms with van der Waals surface area (Å²) in [6.45, 7) is 7.68. The molecule has 160 valence electrons. The van der Waals surface area contributed by atoms with E-state index in [1.807, 2.05) is 13.0 Å². The minimum absolute atomic E-state index is 0.215. The molecule has 0 unspecified atom stereocenters. The summed E-state index contributed by atoms with van der Waals surface area (Å²) < 4.78 is 26.4. The number of nitrogens with one attached hydrogen (secondary N) is 2. The number of aryl methyl sites for hydroxylation is 1. The molecule has 0 heterocycles. The number of sulfonamides is 1. The Morgan fingerprint density at radius 1 is 0.967 bits per heavy atom. The summed E-state index contributed by atoms with van der Waals surface area (Å²) in [5.74, 6) is -0.600. The molecular weight excluding hydrogens is 402 g/mol. The molecule has 2 N–H and O–H groups in total. The highest BCUT2D eigenvalue weighted by atomic mass is 32.2. The fraction of sp³-hybridized carbons (Fsp3) is 0.273. The highest BCUT2D eigenvalue weighted by molar-refractivity contribution is 7.89. The average Bonchev–Trinajstić information content (AvgIpc) is 2.69. The molecule has 0 aromatic heterocycles. The zero-order valence-electron chi connectivity index (χ0n) is 17.6. The van der Waals surface area contributed by atoms with Crippen molar-refractivity contribution in [1.82, 2.24) is 4.31 Å². The molecule has 2 aromatic rings. The number of hydrogen-bond donors (Lipinski definition) is 2. The Kier molecular flexibility index (Phi) is 7.91. The third-order valence-electron chi connectivity index (χ3n) is 4.39. The van der Waals surface area contributed by atoms with E-state index in [0.29, 0.717) is 30.0 Å². The first-order valence-corrected chi connectivity index (χ1v) is 11.1. The second kappa shape index (κ2) is 10.2. The van der Waals surface area contributed by atoms with Crippen LogP contribution < -0.4 is 10.6 Å². The van der Waals surface area contributed by atoms with Gasteiger partial charge in [0.15, 0.2) is 0 Å². The lowest BCUT2D eigenvalue weighted by Gasteiger charge is -2.18. The summed E-state index contributed by atoms with van der Waals surface area (Å²) in [6.07, 6.45) is 2.95. The number of benzene rings is 2.